The van der Waals surface area contributed by atoms with Gasteiger partial charge in [-0.1, -0.05) is 34.8 Å². The molecule has 1 amide bonds. The Morgan fingerprint density at radius 2 is 1.64 bits per heavy atom. The second-order valence-corrected chi connectivity index (χ2v) is 13.3. The molecule has 0 aromatic heterocycles. The van der Waals surface area contributed by atoms with Crippen LogP contribution < -0.4 is 10.6 Å². The fourth-order valence-electron chi connectivity index (χ4n) is 3.51. The molecule has 25 heavy (non-hydrogen) atoms. The van der Waals surface area contributed by atoms with Gasteiger partial charge < -0.3 is 15.5 Å². The normalized spacial score (nSPS) is 36.1. The number of hydrogen-bond donors (Lipinski definition) is 2. The minimum Gasteiger partial charge on any atom is -0.357 e. The number of rotatable bonds is 2. The minimum absolute atomic E-state index is 0.0705. The van der Waals surface area contributed by atoms with Crippen molar-refractivity contribution in [3.63, 3.8) is 0 Å². The summed E-state index contributed by atoms with van der Waals surface area (Å²) in [5.74, 6) is -1.76. The molecule has 3 aliphatic heterocycles. The van der Waals surface area contributed by atoms with Crippen LogP contribution in [-0.2, 0) is 24.5 Å². The smallest absolute Gasteiger partial charge is 0.272 e. The van der Waals surface area contributed by atoms with Crippen LogP contribution in [0.25, 0.3) is 0 Å². The SMILES string of the molecule is O=C(NC1CS(=O)(=O)CC1N1C(=S)NC2CS(=O)(=O)CC21)C(Cl)(Cl)Cl. The molecule has 3 rings (SSSR count). The summed E-state index contributed by atoms with van der Waals surface area (Å²) in [7, 11) is -6.72. The van der Waals surface area contributed by atoms with Crippen molar-refractivity contribution in [3.05, 3.63) is 0 Å². The third-order valence-corrected chi connectivity index (χ3v) is 8.75. The van der Waals surface area contributed by atoms with E-state index in [0.29, 0.717) is 0 Å². The lowest BCUT2D eigenvalue weighted by molar-refractivity contribution is -0.121. The number of hydrogen-bond acceptors (Lipinski definition) is 6. The second kappa shape index (κ2) is 6.23. The van der Waals surface area contributed by atoms with E-state index >= 15 is 0 Å². The monoisotopic (exact) mass is 469 g/mol. The van der Waals surface area contributed by atoms with Gasteiger partial charge in [-0.2, -0.15) is 0 Å². The maximum atomic E-state index is 12.1. The zero-order valence-electron chi connectivity index (χ0n) is 12.5. The molecule has 3 saturated heterocycles. The van der Waals surface area contributed by atoms with Gasteiger partial charge in [0.25, 0.3) is 9.70 Å². The minimum atomic E-state index is -3.48. The summed E-state index contributed by atoms with van der Waals surface area (Å²) in [6.45, 7) is 0. The van der Waals surface area contributed by atoms with E-state index in [9.17, 15) is 21.6 Å². The molecule has 4 atom stereocenters. The topological polar surface area (TPSA) is 113 Å². The largest absolute Gasteiger partial charge is 0.357 e. The Kier molecular flexibility index (Phi) is 4.91. The van der Waals surface area contributed by atoms with E-state index in [1.54, 1.807) is 4.90 Å². The number of nitrogens with one attached hydrogen (secondary N) is 2. The van der Waals surface area contributed by atoms with Crippen LogP contribution in [0.15, 0.2) is 0 Å². The first-order valence-electron chi connectivity index (χ1n) is 7.16. The number of thiocarbonyl (C=S) groups is 1. The molecule has 0 spiro atoms. The number of halogens is 3. The van der Waals surface area contributed by atoms with Gasteiger partial charge in [0.05, 0.1) is 47.2 Å². The highest BCUT2D eigenvalue weighted by Gasteiger charge is 2.54. The number of alkyl halides is 3. The van der Waals surface area contributed by atoms with E-state index in [-0.39, 0.29) is 28.1 Å². The van der Waals surface area contributed by atoms with Gasteiger partial charge >= 0.3 is 0 Å². The maximum absolute atomic E-state index is 12.1. The third kappa shape index (κ3) is 3.96. The summed E-state index contributed by atoms with van der Waals surface area (Å²) in [6, 6.07) is -2.48. The molecule has 142 valence electrons. The van der Waals surface area contributed by atoms with Crippen molar-refractivity contribution < 1.29 is 21.6 Å². The fraction of sp³-hybridized carbons (Fsp3) is 0.818. The third-order valence-electron chi connectivity index (χ3n) is 4.48. The van der Waals surface area contributed by atoms with E-state index in [0.717, 1.165) is 0 Å². The Morgan fingerprint density at radius 1 is 1.08 bits per heavy atom. The second-order valence-electron chi connectivity index (χ2n) is 6.33. The zero-order chi connectivity index (χ0) is 18.8. The molecule has 0 saturated carbocycles. The van der Waals surface area contributed by atoms with Crippen LogP contribution in [0.5, 0.6) is 0 Å². The van der Waals surface area contributed by atoms with Crippen molar-refractivity contribution in [2.75, 3.05) is 23.0 Å². The molecule has 2 N–H and O–H groups in total. The van der Waals surface area contributed by atoms with Crippen LogP contribution in [0.4, 0.5) is 0 Å². The number of fused-ring (bicyclic) bond motifs is 1. The van der Waals surface area contributed by atoms with Crippen molar-refractivity contribution in [3.8, 4) is 0 Å². The molecule has 4 unspecified atom stereocenters. The Morgan fingerprint density at radius 3 is 2.24 bits per heavy atom. The number of amides is 1. The van der Waals surface area contributed by atoms with Crippen LogP contribution in [0.3, 0.4) is 0 Å². The Bertz CT molecular complexity index is 826. The summed E-state index contributed by atoms with van der Waals surface area (Å²) in [5, 5.41) is 5.62. The van der Waals surface area contributed by atoms with E-state index in [2.05, 4.69) is 10.6 Å². The van der Waals surface area contributed by atoms with Gasteiger partial charge in [-0.25, -0.2) is 16.8 Å². The molecule has 0 aromatic rings. The van der Waals surface area contributed by atoms with Gasteiger partial charge in [0.1, 0.15) is 0 Å². The van der Waals surface area contributed by atoms with Crippen LogP contribution in [0, 0.1) is 0 Å². The van der Waals surface area contributed by atoms with Gasteiger partial charge in [0.15, 0.2) is 24.8 Å². The van der Waals surface area contributed by atoms with Crippen LogP contribution in [-0.4, -0.2) is 83.7 Å². The number of carbonyl (C=O) groups is 1. The van der Waals surface area contributed by atoms with Gasteiger partial charge in [0.2, 0.25) is 0 Å². The summed E-state index contributed by atoms with van der Waals surface area (Å²) in [6.07, 6.45) is 0. The molecule has 3 fully saturated rings. The standard InChI is InChI=1S/C11H14Cl3N3O5S3/c12-11(13,14)9(18)15-5-1-24(19,20)3-7(5)17-8-4-25(21,22)2-6(8)16-10(17)23/h5-8H,1-4H2,(H,15,18)(H,16,23). The van der Waals surface area contributed by atoms with Gasteiger partial charge in [0, 0.05) is 0 Å². The van der Waals surface area contributed by atoms with Gasteiger partial charge in [-0.05, 0) is 12.2 Å². The highest BCUT2D eigenvalue weighted by atomic mass is 35.6. The molecule has 0 radical (unpaired) electrons. The van der Waals surface area contributed by atoms with Crippen molar-refractivity contribution in [1.82, 2.24) is 15.5 Å². The highest BCUT2D eigenvalue weighted by Crippen LogP contribution is 2.32. The summed E-state index contributed by atoms with van der Waals surface area (Å²) in [4.78, 5) is 13.5. The first-order chi connectivity index (χ1) is 11.3. The van der Waals surface area contributed by atoms with Crippen molar-refractivity contribution in [2.24, 2.45) is 0 Å². The average molecular weight is 471 g/mol. The van der Waals surface area contributed by atoms with Crippen molar-refractivity contribution in [1.29, 1.82) is 0 Å². The lowest BCUT2D eigenvalue weighted by Gasteiger charge is -2.33. The maximum Gasteiger partial charge on any atom is 0.272 e. The zero-order valence-corrected chi connectivity index (χ0v) is 17.2. The Balaban J connectivity index is 1.88. The summed E-state index contributed by atoms with van der Waals surface area (Å²) >= 11 is 21.9. The first-order valence-corrected chi connectivity index (χ1v) is 12.3. The number of nitrogens with zero attached hydrogens (tertiary/aromatic N) is 1. The summed E-state index contributed by atoms with van der Waals surface area (Å²) < 4.78 is 45.7. The van der Waals surface area contributed by atoms with Crippen LogP contribution in [0.2, 0.25) is 0 Å². The average Bonchev–Trinajstić information content (AvgIpc) is 2.94. The first kappa shape index (κ1) is 19.7. The molecule has 14 heteroatoms. The van der Waals surface area contributed by atoms with Gasteiger partial charge in [-0.3, -0.25) is 4.79 Å². The lowest BCUT2D eigenvalue weighted by atomic mass is 10.1. The molecule has 3 heterocycles. The fourth-order valence-corrected chi connectivity index (χ4v) is 7.90. The van der Waals surface area contributed by atoms with E-state index in [4.69, 9.17) is 47.0 Å². The molecule has 3 aliphatic rings. The van der Waals surface area contributed by atoms with Crippen molar-refractivity contribution >= 4 is 77.7 Å². The predicted octanol–water partition coefficient (Wildman–Crippen LogP) is -1.01. The Hall–Kier alpha value is -0.0700. The quantitative estimate of drug-likeness (QED) is 0.390. The van der Waals surface area contributed by atoms with Gasteiger partial charge in [-0.15, -0.1) is 0 Å². The molecule has 0 aromatic carbocycles. The lowest BCUT2D eigenvalue weighted by Crippen LogP contribution is -2.56. The van der Waals surface area contributed by atoms with E-state index < -0.39 is 53.5 Å². The van der Waals surface area contributed by atoms with E-state index in [1.807, 2.05) is 0 Å². The highest BCUT2D eigenvalue weighted by molar-refractivity contribution is 7.92. The molecular weight excluding hydrogens is 457 g/mol. The number of carbonyl (C=O) groups excluding carboxylic acids is 1. The van der Waals surface area contributed by atoms with Crippen molar-refractivity contribution in [2.45, 2.75) is 28.0 Å². The van der Waals surface area contributed by atoms with Crippen LogP contribution >= 0.6 is 47.0 Å². The molecule has 0 bridgehead atoms. The summed E-state index contributed by atoms with van der Waals surface area (Å²) in [5.41, 5.74) is 0. The van der Waals surface area contributed by atoms with E-state index in [1.165, 1.54) is 0 Å². The number of sulfone groups is 2. The predicted molar refractivity (Wildman–Crippen MR) is 98.5 cm³/mol. The molecule has 8 nitrogen and oxygen atoms in total. The van der Waals surface area contributed by atoms with Crippen LogP contribution in [0.1, 0.15) is 0 Å². The molecular formula is C11H14Cl3N3O5S3. The molecule has 0 aliphatic carbocycles. The Labute approximate surface area is 165 Å².